The van der Waals surface area contributed by atoms with Crippen molar-refractivity contribution in [3.8, 4) is 0 Å². The van der Waals surface area contributed by atoms with E-state index >= 15 is 0 Å². The molecule has 7 heteroatoms. The molecule has 2 aromatic rings. The first-order chi connectivity index (χ1) is 11.4. The van der Waals surface area contributed by atoms with E-state index in [0.29, 0.717) is 5.69 Å². The minimum absolute atomic E-state index is 0.159. The molecule has 1 heterocycles. The van der Waals surface area contributed by atoms with Gasteiger partial charge in [0, 0.05) is 11.9 Å². The largest absolute Gasteiger partial charge is 0.452 e. The molecule has 1 aromatic carbocycles. The van der Waals surface area contributed by atoms with Crippen molar-refractivity contribution in [3.63, 3.8) is 0 Å². The molecule has 6 nitrogen and oxygen atoms in total. The van der Waals surface area contributed by atoms with Crippen LogP contribution in [0.1, 0.15) is 18.3 Å². The molecule has 0 unspecified atom stereocenters. The molecule has 24 heavy (non-hydrogen) atoms. The van der Waals surface area contributed by atoms with E-state index in [1.165, 1.54) is 11.8 Å². The van der Waals surface area contributed by atoms with E-state index in [1.807, 2.05) is 51.2 Å². The number of carbonyl (C=O) groups excluding carboxylic acids is 2. The lowest BCUT2D eigenvalue weighted by Crippen LogP contribution is -2.30. The number of nitrogens with one attached hydrogen (secondary N) is 1. The topological polar surface area (TPSA) is 73.2 Å². The highest BCUT2D eigenvalue weighted by Crippen LogP contribution is 2.19. The number of hydrogen-bond acceptors (Lipinski definition) is 5. The van der Waals surface area contributed by atoms with E-state index in [-0.39, 0.29) is 11.7 Å². The summed E-state index contributed by atoms with van der Waals surface area (Å²) >= 11 is 1.37. The van der Waals surface area contributed by atoms with Crippen LogP contribution >= 0.6 is 11.8 Å². The van der Waals surface area contributed by atoms with Gasteiger partial charge in [-0.1, -0.05) is 18.2 Å². The molecule has 1 aromatic heterocycles. The number of benzene rings is 1. The van der Waals surface area contributed by atoms with Crippen molar-refractivity contribution in [2.24, 2.45) is 7.05 Å². The first-order valence-corrected chi connectivity index (χ1v) is 8.55. The fourth-order valence-corrected chi connectivity index (χ4v) is 2.83. The highest BCUT2D eigenvalue weighted by molar-refractivity contribution is 8.00. The van der Waals surface area contributed by atoms with E-state index in [0.717, 1.165) is 16.3 Å². The zero-order valence-corrected chi connectivity index (χ0v) is 15.0. The van der Waals surface area contributed by atoms with Crippen LogP contribution in [0.4, 0.5) is 5.69 Å². The van der Waals surface area contributed by atoms with E-state index in [4.69, 9.17) is 4.74 Å². The van der Waals surface area contributed by atoms with Gasteiger partial charge in [0.1, 0.15) is 0 Å². The van der Waals surface area contributed by atoms with Gasteiger partial charge in [0.05, 0.1) is 22.8 Å². The monoisotopic (exact) mass is 347 g/mol. The summed E-state index contributed by atoms with van der Waals surface area (Å²) in [6, 6.07) is 9.56. The summed E-state index contributed by atoms with van der Waals surface area (Å²) < 4.78 is 6.89. The van der Waals surface area contributed by atoms with Crippen molar-refractivity contribution in [2.45, 2.75) is 31.8 Å². The molecule has 0 bridgehead atoms. The first kappa shape index (κ1) is 18.1. The Morgan fingerprint density at radius 3 is 2.54 bits per heavy atom. The number of rotatable bonds is 6. The second kappa shape index (κ2) is 8.01. The Bertz CT molecular complexity index is 728. The number of anilines is 1. The Kier molecular flexibility index (Phi) is 6.03. The molecular formula is C17H21N3O3S. The van der Waals surface area contributed by atoms with Gasteiger partial charge in [-0.3, -0.25) is 14.3 Å². The molecule has 1 N–H and O–H groups in total. The van der Waals surface area contributed by atoms with Crippen LogP contribution in [0.3, 0.4) is 0 Å². The van der Waals surface area contributed by atoms with Gasteiger partial charge in [0.25, 0.3) is 5.91 Å². The summed E-state index contributed by atoms with van der Waals surface area (Å²) in [4.78, 5) is 25.1. The van der Waals surface area contributed by atoms with Gasteiger partial charge in [-0.2, -0.15) is 5.10 Å². The summed E-state index contributed by atoms with van der Waals surface area (Å²) in [5.41, 5.74) is 2.23. The van der Waals surface area contributed by atoms with Crippen molar-refractivity contribution in [2.75, 3.05) is 11.1 Å². The molecule has 0 aliphatic heterocycles. The van der Waals surface area contributed by atoms with Gasteiger partial charge in [0.15, 0.2) is 6.10 Å². The molecule has 2 rings (SSSR count). The zero-order valence-electron chi connectivity index (χ0n) is 14.2. The Morgan fingerprint density at radius 1 is 1.29 bits per heavy atom. The van der Waals surface area contributed by atoms with Crippen LogP contribution in [0.2, 0.25) is 0 Å². The maximum Gasteiger partial charge on any atom is 0.317 e. The van der Waals surface area contributed by atoms with Crippen molar-refractivity contribution in [3.05, 3.63) is 41.7 Å². The predicted molar refractivity (Wildman–Crippen MR) is 94.0 cm³/mol. The molecule has 0 saturated carbocycles. The van der Waals surface area contributed by atoms with Gasteiger partial charge >= 0.3 is 5.97 Å². The third-order valence-corrected chi connectivity index (χ3v) is 4.52. The number of ether oxygens (including phenoxy) is 1. The minimum Gasteiger partial charge on any atom is -0.452 e. The molecule has 0 saturated heterocycles. The molecule has 0 aliphatic carbocycles. The van der Waals surface area contributed by atoms with E-state index in [1.54, 1.807) is 11.6 Å². The van der Waals surface area contributed by atoms with Crippen LogP contribution in [0.25, 0.3) is 0 Å². The van der Waals surface area contributed by atoms with Crippen LogP contribution in [-0.2, 0) is 21.4 Å². The van der Waals surface area contributed by atoms with Gasteiger partial charge in [0.2, 0.25) is 0 Å². The van der Waals surface area contributed by atoms with Gasteiger partial charge in [-0.25, -0.2) is 0 Å². The van der Waals surface area contributed by atoms with Gasteiger partial charge < -0.3 is 10.1 Å². The summed E-state index contributed by atoms with van der Waals surface area (Å²) in [7, 11) is 1.81. The van der Waals surface area contributed by atoms with Gasteiger partial charge in [-0.05, 0) is 32.9 Å². The Balaban J connectivity index is 1.85. The van der Waals surface area contributed by atoms with Crippen LogP contribution in [0.15, 0.2) is 35.2 Å². The highest BCUT2D eigenvalue weighted by Gasteiger charge is 2.20. The molecule has 1 amide bonds. The molecule has 0 aliphatic rings. The highest BCUT2D eigenvalue weighted by atomic mass is 32.2. The molecule has 0 spiro atoms. The number of aromatic nitrogens is 2. The number of hydrogen-bond donors (Lipinski definition) is 1. The van der Waals surface area contributed by atoms with Crippen molar-refractivity contribution >= 4 is 29.3 Å². The van der Waals surface area contributed by atoms with E-state index < -0.39 is 12.1 Å². The number of amides is 1. The van der Waals surface area contributed by atoms with Gasteiger partial charge in [-0.15, -0.1) is 11.8 Å². The normalized spacial score (nSPS) is 11.8. The second-order valence-corrected chi connectivity index (χ2v) is 6.44. The van der Waals surface area contributed by atoms with Crippen LogP contribution in [0, 0.1) is 13.8 Å². The lowest BCUT2D eigenvalue weighted by atomic mass is 10.3. The van der Waals surface area contributed by atoms with Crippen molar-refractivity contribution in [1.29, 1.82) is 0 Å². The molecule has 0 radical (unpaired) electrons. The van der Waals surface area contributed by atoms with Crippen LogP contribution in [0.5, 0.6) is 0 Å². The summed E-state index contributed by atoms with van der Waals surface area (Å²) in [5, 5.41) is 7.01. The quantitative estimate of drug-likeness (QED) is 0.642. The lowest BCUT2D eigenvalue weighted by Gasteiger charge is -2.13. The second-order valence-electron chi connectivity index (χ2n) is 5.39. The molecule has 128 valence electrons. The fraction of sp³-hybridized carbons (Fsp3) is 0.353. The zero-order chi connectivity index (χ0) is 17.7. The summed E-state index contributed by atoms with van der Waals surface area (Å²) in [5.74, 6) is -0.634. The number of esters is 1. The number of nitrogens with zero attached hydrogens (tertiary/aromatic N) is 2. The number of thioether (sulfide) groups is 1. The maximum absolute atomic E-state index is 12.2. The third kappa shape index (κ3) is 4.61. The first-order valence-electron chi connectivity index (χ1n) is 7.57. The van der Waals surface area contributed by atoms with Crippen LogP contribution in [-0.4, -0.2) is 33.5 Å². The standard InChI is InChI=1S/C17H21N3O3S/c1-11-16(12(2)20(4)19-11)18-17(22)13(3)23-15(21)10-24-14-8-6-5-7-9-14/h5-9,13H,10H2,1-4H3,(H,18,22)/t13-/m0/s1. The molecule has 0 fully saturated rings. The summed E-state index contributed by atoms with van der Waals surface area (Å²) in [6.45, 7) is 5.24. The Hall–Kier alpha value is -2.28. The molecular weight excluding hydrogens is 326 g/mol. The van der Waals surface area contributed by atoms with E-state index in [9.17, 15) is 9.59 Å². The average Bonchev–Trinajstić information content (AvgIpc) is 2.80. The smallest absolute Gasteiger partial charge is 0.317 e. The molecule has 1 atom stereocenters. The SMILES string of the molecule is Cc1nn(C)c(C)c1NC(=O)[C@H](C)OC(=O)CSc1ccccc1. The fourth-order valence-electron chi connectivity index (χ4n) is 2.12. The minimum atomic E-state index is -0.868. The van der Waals surface area contributed by atoms with Crippen molar-refractivity contribution < 1.29 is 14.3 Å². The summed E-state index contributed by atoms with van der Waals surface area (Å²) in [6.07, 6.45) is -0.868. The van der Waals surface area contributed by atoms with E-state index in [2.05, 4.69) is 10.4 Å². The number of carbonyl (C=O) groups is 2. The average molecular weight is 347 g/mol. The Labute approximate surface area is 145 Å². The Morgan fingerprint density at radius 2 is 1.96 bits per heavy atom. The number of aryl methyl sites for hydroxylation is 2. The van der Waals surface area contributed by atoms with Crippen molar-refractivity contribution in [1.82, 2.24) is 9.78 Å². The predicted octanol–water partition coefficient (Wildman–Crippen LogP) is 2.70. The maximum atomic E-state index is 12.2. The lowest BCUT2D eigenvalue weighted by molar-refractivity contribution is -0.150. The van der Waals surface area contributed by atoms with Crippen LogP contribution < -0.4 is 5.32 Å². The third-order valence-electron chi connectivity index (χ3n) is 3.53.